The fourth-order valence-electron chi connectivity index (χ4n) is 2.61. The molecule has 1 aliphatic rings. The molecule has 7 heteroatoms. The molecule has 2 aromatic rings. The first-order valence-corrected chi connectivity index (χ1v) is 9.14. The summed E-state index contributed by atoms with van der Waals surface area (Å²) in [5, 5.41) is 1.82. The Balaban J connectivity index is 1.82. The average molecular weight is 358 g/mol. The molecule has 0 aliphatic carbocycles. The van der Waals surface area contributed by atoms with Crippen LogP contribution in [0.1, 0.15) is 33.3 Å². The van der Waals surface area contributed by atoms with Crippen LogP contribution in [0, 0.1) is 0 Å². The van der Waals surface area contributed by atoms with Gasteiger partial charge in [0.1, 0.15) is 0 Å². The first-order valence-electron chi connectivity index (χ1n) is 8.26. The Morgan fingerprint density at radius 2 is 1.80 bits per heavy atom. The molecule has 1 aliphatic heterocycles. The molecule has 0 bridgehead atoms. The lowest BCUT2D eigenvalue weighted by Gasteiger charge is -2.32. The van der Waals surface area contributed by atoms with Gasteiger partial charge in [-0.25, -0.2) is 0 Å². The summed E-state index contributed by atoms with van der Waals surface area (Å²) in [7, 11) is -0.442. The number of thiazole rings is 1. The summed E-state index contributed by atoms with van der Waals surface area (Å²) >= 11 is 1.16. The van der Waals surface area contributed by atoms with Gasteiger partial charge in [-0.05, 0) is 44.3 Å². The summed E-state index contributed by atoms with van der Waals surface area (Å²) in [6.45, 7) is 8.46. The van der Waals surface area contributed by atoms with Crippen LogP contribution in [0.2, 0.25) is 0 Å². The molecule has 0 spiro atoms. The van der Waals surface area contributed by atoms with E-state index in [4.69, 9.17) is 15.0 Å². The van der Waals surface area contributed by atoms with E-state index < -0.39 is 7.12 Å². The minimum Gasteiger partial charge on any atom is -0.400 e. The highest BCUT2D eigenvalue weighted by Crippen LogP contribution is 2.38. The average Bonchev–Trinajstić information content (AvgIpc) is 3.06. The van der Waals surface area contributed by atoms with Crippen LogP contribution in [-0.2, 0) is 9.31 Å². The van der Waals surface area contributed by atoms with Crippen LogP contribution < -0.4 is 10.6 Å². The number of nitrogens with two attached hydrogens (primary N) is 1. The SMILES string of the molecule is CC1(C)OB(C(=Cc2ccc(-c3csc(=O)[nH]3)cc2)CN)OC1(C)C. The van der Waals surface area contributed by atoms with Crippen LogP contribution in [0.15, 0.2) is 39.9 Å². The van der Waals surface area contributed by atoms with Crippen molar-refractivity contribution in [2.45, 2.75) is 38.9 Å². The lowest BCUT2D eigenvalue weighted by Crippen LogP contribution is -2.41. The molecule has 1 aromatic carbocycles. The van der Waals surface area contributed by atoms with Crippen molar-refractivity contribution in [1.29, 1.82) is 0 Å². The second-order valence-corrected chi connectivity index (χ2v) is 8.04. The number of rotatable bonds is 4. The van der Waals surface area contributed by atoms with Gasteiger partial charge in [-0.2, -0.15) is 0 Å². The first kappa shape index (κ1) is 18.1. The molecule has 3 N–H and O–H groups in total. The van der Waals surface area contributed by atoms with Gasteiger partial charge >= 0.3 is 12.0 Å². The Hall–Kier alpha value is -1.67. The van der Waals surface area contributed by atoms with Crippen LogP contribution in [0.5, 0.6) is 0 Å². The lowest BCUT2D eigenvalue weighted by molar-refractivity contribution is 0.00578. The van der Waals surface area contributed by atoms with E-state index in [-0.39, 0.29) is 16.1 Å². The molecule has 1 aromatic heterocycles. The van der Waals surface area contributed by atoms with Gasteiger partial charge in [0.2, 0.25) is 0 Å². The van der Waals surface area contributed by atoms with E-state index in [2.05, 4.69) is 4.98 Å². The monoisotopic (exact) mass is 358 g/mol. The highest BCUT2D eigenvalue weighted by Gasteiger charge is 2.52. The molecule has 1 fully saturated rings. The van der Waals surface area contributed by atoms with E-state index in [1.54, 1.807) is 0 Å². The minimum absolute atomic E-state index is 0.0508. The largest absolute Gasteiger partial charge is 0.491 e. The third-order valence-electron chi connectivity index (χ3n) is 4.89. The van der Waals surface area contributed by atoms with Crippen molar-refractivity contribution in [2.75, 3.05) is 6.54 Å². The zero-order valence-electron chi connectivity index (χ0n) is 15.0. The van der Waals surface area contributed by atoms with E-state index in [0.29, 0.717) is 6.54 Å². The van der Waals surface area contributed by atoms with Gasteiger partial charge in [0, 0.05) is 11.9 Å². The molecule has 0 atom stereocenters. The van der Waals surface area contributed by atoms with Crippen LogP contribution in [0.3, 0.4) is 0 Å². The molecule has 0 saturated carbocycles. The predicted molar refractivity (Wildman–Crippen MR) is 103 cm³/mol. The maximum absolute atomic E-state index is 11.3. The maximum Gasteiger partial charge on any atom is 0.491 e. The smallest absolute Gasteiger partial charge is 0.400 e. The summed E-state index contributed by atoms with van der Waals surface area (Å²) in [6, 6.07) is 7.93. The van der Waals surface area contributed by atoms with Crippen LogP contribution >= 0.6 is 11.3 Å². The summed E-state index contributed by atoms with van der Waals surface area (Å²) in [5.74, 6) is 0. The first-order chi connectivity index (χ1) is 11.7. The van der Waals surface area contributed by atoms with Gasteiger partial charge < -0.3 is 20.0 Å². The normalized spacial score (nSPS) is 19.4. The van der Waals surface area contributed by atoms with Gasteiger partial charge in [0.15, 0.2) is 0 Å². The molecule has 0 radical (unpaired) electrons. The highest BCUT2D eigenvalue weighted by atomic mass is 32.1. The highest BCUT2D eigenvalue weighted by molar-refractivity contribution is 7.07. The van der Waals surface area contributed by atoms with E-state index in [0.717, 1.165) is 33.6 Å². The van der Waals surface area contributed by atoms with Crippen molar-refractivity contribution < 1.29 is 9.31 Å². The molecule has 132 valence electrons. The number of H-pyrrole nitrogens is 1. The van der Waals surface area contributed by atoms with E-state index >= 15 is 0 Å². The Kier molecular flexibility index (Phi) is 4.77. The van der Waals surface area contributed by atoms with E-state index in [1.165, 1.54) is 0 Å². The number of hydrogen-bond acceptors (Lipinski definition) is 5. The molecule has 25 heavy (non-hydrogen) atoms. The van der Waals surface area contributed by atoms with Gasteiger partial charge in [0.05, 0.1) is 16.9 Å². The van der Waals surface area contributed by atoms with Crippen molar-refractivity contribution in [3.05, 3.63) is 50.3 Å². The van der Waals surface area contributed by atoms with Crippen molar-refractivity contribution in [3.8, 4) is 11.3 Å². The third kappa shape index (κ3) is 3.65. The predicted octanol–water partition coefficient (Wildman–Crippen LogP) is 3.08. The summed E-state index contributed by atoms with van der Waals surface area (Å²) in [6.07, 6.45) is 2.00. The third-order valence-corrected chi connectivity index (χ3v) is 5.56. The Morgan fingerprint density at radius 1 is 1.20 bits per heavy atom. The lowest BCUT2D eigenvalue weighted by atomic mass is 9.77. The molecular weight excluding hydrogens is 335 g/mol. The number of hydrogen-bond donors (Lipinski definition) is 2. The van der Waals surface area contributed by atoms with Crippen LogP contribution in [0.4, 0.5) is 0 Å². The Morgan fingerprint density at radius 3 is 2.28 bits per heavy atom. The second kappa shape index (κ2) is 6.57. The summed E-state index contributed by atoms with van der Waals surface area (Å²) in [5.41, 5.74) is 8.87. The van der Waals surface area contributed by atoms with Crippen LogP contribution in [0.25, 0.3) is 17.3 Å². The standard InChI is InChI=1S/C18H23BN2O3S/c1-17(2)18(3,4)24-19(23-17)14(10-20)9-12-5-7-13(8-6-12)15-11-25-16(22)21-15/h5-9,11H,10,20H2,1-4H3,(H,21,22). The number of aromatic amines is 1. The minimum atomic E-state index is -0.442. The molecule has 0 unspecified atom stereocenters. The fourth-order valence-corrected chi connectivity index (χ4v) is 3.20. The zero-order valence-corrected chi connectivity index (χ0v) is 15.8. The van der Waals surface area contributed by atoms with E-state index in [1.807, 2.05) is 63.4 Å². The molecule has 2 heterocycles. The quantitative estimate of drug-likeness (QED) is 0.824. The van der Waals surface area contributed by atoms with Gasteiger partial charge in [-0.3, -0.25) is 4.79 Å². The van der Waals surface area contributed by atoms with Gasteiger partial charge in [0.25, 0.3) is 0 Å². The van der Waals surface area contributed by atoms with Crippen LogP contribution in [-0.4, -0.2) is 29.8 Å². The molecular formula is C18H23BN2O3S. The van der Waals surface area contributed by atoms with Gasteiger partial charge in [-0.1, -0.05) is 41.7 Å². The number of nitrogens with one attached hydrogen (secondary N) is 1. The van der Waals surface area contributed by atoms with E-state index in [9.17, 15) is 4.79 Å². The van der Waals surface area contributed by atoms with Crippen molar-refractivity contribution in [3.63, 3.8) is 0 Å². The van der Waals surface area contributed by atoms with Crippen molar-refractivity contribution in [2.24, 2.45) is 5.73 Å². The number of benzene rings is 1. The molecule has 1 saturated heterocycles. The summed E-state index contributed by atoms with van der Waals surface area (Å²) < 4.78 is 12.2. The Labute approximate surface area is 152 Å². The fraction of sp³-hybridized carbons (Fsp3) is 0.389. The maximum atomic E-state index is 11.3. The zero-order chi connectivity index (χ0) is 18.2. The topological polar surface area (TPSA) is 77.3 Å². The molecule has 5 nitrogen and oxygen atoms in total. The van der Waals surface area contributed by atoms with Crippen molar-refractivity contribution >= 4 is 24.5 Å². The van der Waals surface area contributed by atoms with Gasteiger partial charge in [-0.15, -0.1) is 0 Å². The molecule has 3 rings (SSSR count). The Bertz CT molecular complexity index is 821. The van der Waals surface area contributed by atoms with Crippen molar-refractivity contribution in [1.82, 2.24) is 4.98 Å². The second-order valence-electron chi connectivity index (χ2n) is 7.20. The molecule has 0 amide bonds. The summed E-state index contributed by atoms with van der Waals surface area (Å²) in [4.78, 5) is 14.0. The number of aromatic nitrogens is 1.